The van der Waals surface area contributed by atoms with Crippen LogP contribution in [0.3, 0.4) is 0 Å². The van der Waals surface area contributed by atoms with Gasteiger partial charge in [0.1, 0.15) is 250 Å². The van der Waals surface area contributed by atoms with E-state index < -0.39 is 451 Å². The molecule has 37 N–H and O–H groups in total. The molecule has 0 unspecified atom stereocenters. The van der Waals surface area contributed by atoms with Crippen molar-refractivity contribution in [1.29, 1.82) is 0 Å². The summed E-state index contributed by atoms with van der Waals surface area (Å²) in [6, 6.07) is -9.89. The minimum atomic E-state index is -3.34. The van der Waals surface area contributed by atoms with Gasteiger partial charge < -0.3 is 285 Å². The van der Waals surface area contributed by atoms with Gasteiger partial charge in [-0.15, -0.1) is 0 Å². The van der Waals surface area contributed by atoms with Crippen molar-refractivity contribution in [3.63, 3.8) is 0 Å². The lowest BCUT2D eigenvalue weighted by molar-refractivity contribution is -0.399. The molecule has 10 heterocycles. The number of carbonyl (C=O) groups excluding carboxylic acids is 5. The molecule has 822 valence electrons. The maximum Gasteiger partial charge on any atom is 0.364 e. The molecule has 55 atom stereocenters. The highest BCUT2D eigenvalue weighted by molar-refractivity contribution is 5.77. The Morgan fingerprint density at radius 3 is 1.15 bits per heavy atom. The van der Waals surface area contributed by atoms with E-state index in [0.29, 0.717) is 0 Å². The lowest BCUT2D eigenvalue weighted by Crippen LogP contribution is -2.71. The molecule has 0 bridgehead atoms. The molecule has 63 nitrogen and oxygen atoms in total. The normalized spacial score (nSPS) is 45.7. The lowest BCUT2D eigenvalue weighted by Gasteiger charge is -2.51. The summed E-state index contributed by atoms with van der Waals surface area (Å²) in [6.07, 6.45) is -110. The summed E-state index contributed by atoms with van der Waals surface area (Å²) >= 11 is 0. The molecule has 10 rings (SSSR count). The number of aliphatic hydroxyl groups excluding tert-OH is 31. The fourth-order valence-electron chi connectivity index (χ4n) is 18.0. The van der Waals surface area contributed by atoms with Gasteiger partial charge in [0.15, 0.2) is 56.6 Å². The van der Waals surface area contributed by atoms with E-state index >= 15 is 0 Å². The van der Waals surface area contributed by atoms with Crippen LogP contribution >= 0.6 is 0 Å². The Balaban J connectivity index is 0.984. The van der Waals surface area contributed by atoms with Crippen LogP contribution in [0.25, 0.3) is 0 Å². The highest BCUT2D eigenvalue weighted by Crippen LogP contribution is 2.43. The van der Waals surface area contributed by atoms with Crippen molar-refractivity contribution in [1.82, 2.24) is 26.6 Å². The maximum absolute atomic E-state index is 13.3. The standard InChI is InChI=1S/C79H133N5O58/c1-19-41(102)52(113)56(117)72(125-19)123-17-28(101)60(42(103)25(8-85)80-20(2)94)134-69-38(82-22(4)96)49(110)62(34(15-92)130-69)136-74-58(119)65(138-77-68(55(116)46(107)31(12-89)129-77)140-71-40(84-24(6)98)50(111)61(33(14-91)132-71)135-73-57(118)53(114)44(105)29(10-87)126-73)48(109)36(133-74)18-124-76-67(54(115)45(106)30(11-88)128-76)139-70-39(83-23(5)97)51(112)63(35(16-93)131-70)137-75-59(120)66(47(108)32(13-90)127-75)142-79(78(121)122)7-26(99)37(81-21(3)95)64(141-79)43(104)27(100)9-86/h19,25-77,85-93,99-120H,7-18H2,1-6H3,(H,80,94)(H,81,95)(H,82,96)(H,83,97)(H,84,98)(H,121,122)/t19-,25-,26-,27+,28+,29+,30+,31+,32+,33+,34+,35+,36+,37+,38+,39+,40+,41+,42+,43+,44-,45+,46+,47-,48+,49+,50+,51+,52+,53-,54-,55-,56-,57+,58-,59+,60+,61+,62+,63+,64+,65-,66-,67-,68-,69-,70-,71-,72+,73-,74-,75-,76-,77+,79-/m0/s1. The zero-order chi connectivity index (χ0) is 105. The Labute approximate surface area is 804 Å². The van der Waals surface area contributed by atoms with Crippen LogP contribution in [0.15, 0.2) is 0 Å². The number of amides is 5. The minimum Gasteiger partial charge on any atom is -0.477 e. The Morgan fingerprint density at radius 2 is 0.704 bits per heavy atom. The van der Waals surface area contributed by atoms with Crippen LogP contribution in [0.4, 0.5) is 0 Å². The molecule has 10 aliphatic heterocycles. The third kappa shape index (κ3) is 26.8. The average molecular weight is 2080 g/mol. The number of nitrogens with one attached hydrogen (secondary N) is 5. The zero-order valence-electron chi connectivity index (χ0n) is 76.6. The largest absolute Gasteiger partial charge is 0.477 e. The van der Waals surface area contributed by atoms with Crippen LogP contribution in [0.5, 0.6) is 0 Å². The lowest BCUT2D eigenvalue weighted by atomic mass is 9.88. The average Bonchev–Trinajstić information content (AvgIpc) is 0.746. The summed E-state index contributed by atoms with van der Waals surface area (Å²) in [4.78, 5) is 77.8. The molecule has 0 aliphatic carbocycles. The monoisotopic (exact) mass is 2080 g/mol. The fraction of sp³-hybridized carbons (Fsp3) is 0.924. The number of carboxylic acids is 1. The van der Waals surface area contributed by atoms with E-state index in [0.717, 1.165) is 34.6 Å². The van der Waals surface area contributed by atoms with Crippen LogP contribution in [-0.2, 0) is 124 Å². The number of hydrogen-bond donors (Lipinski definition) is 37. The van der Waals surface area contributed by atoms with Gasteiger partial charge in [-0.2, -0.15) is 0 Å². The summed E-state index contributed by atoms with van der Waals surface area (Å²) in [6.45, 7) is -7.67. The number of rotatable bonds is 42. The highest BCUT2D eigenvalue weighted by atomic mass is 16.8. The Bertz CT molecular complexity index is 3950. The molecule has 10 fully saturated rings. The second kappa shape index (κ2) is 52.0. The van der Waals surface area contributed by atoms with Crippen molar-refractivity contribution in [3.8, 4) is 0 Å². The van der Waals surface area contributed by atoms with Gasteiger partial charge in [0.05, 0.1) is 97.0 Å². The summed E-state index contributed by atoms with van der Waals surface area (Å²) in [5.41, 5.74) is 0. The van der Waals surface area contributed by atoms with Crippen LogP contribution in [0.2, 0.25) is 0 Å². The van der Waals surface area contributed by atoms with Crippen molar-refractivity contribution >= 4 is 35.5 Å². The maximum atomic E-state index is 13.3. The highest BCUT2D eigenvalue weighted by Gasteiger charge is 2.64. The van der Waals surface area contributed by atoms with Crippen LogP contribution in [0, 0.1) is 0 Å². The predicted octanol–water partition coefficient (Wildman–Crippen LogP) is -24.4. The molecule has 5 amide bonds. The second-order valence-corrected chi connectivity index (χ2v) is 35.7. The molecule has 0 radical (unpaired) electrons. The van der Waals surface area contributed by atoms with Crippen LogP contribution in [0.1, 0.15) is 48.0 Å². The van der Waals surface area contributed by atoms with E-state index in [9.17, 15) is 192 Å². The Kier molecular flexibility index (Phi) is 43.5. The minimum absolute atomic E-state index is 0.851. The first-order chi connectivity index (χ1) is 66.9. The number of aliphatic carboxylic acids is 1. The number of hydrogen-bond acceptors (Lipinski definition) is 57. The molecule has 0 saturated carbocycles. The number of carbonyl (C=O) groups is 6. The number of ether oxygens (including phenoxy) is 20. The van der Waals surface area contributed by atoms with E-state index in [1.54, 1.807) is 0 Å². The summed E-state index contributed by atoms with van der Waals surface area (Å²) in [5, 5.41) is 371. The molecule has 0 spiro atoms. The molecule has 142 heavy (non-hydrogen) atoms. The van der Waals surface area contributed by atoms with Gasteiger partial charge in [-0.25, -0.2) is 4.79 Å². The van der Waals surface area contributed by atoms with Gasteiger partial charge >= 0.3 is 5.97 Å². The third-order valence-corrected chi connectivity index (χ3v) is 25.6. The van der Waals surface area contributed by atoms with Gasteiger partial charge in [0.25, 0.3) is 5.79 Å². The van der Waals surface area contributed by atoms with Gasteiger partial charge in [0, 0.05) is 41.0 Å². The van der Waals surface area contributed by atoms with E-state index in [1.807, 2.05) is 0 Å². The predicted molar refractivity (Wildman–Crippen MR) is 438 cm³/mol. The van der Waals surface area contributed by atoms with Crippen LogP contribution in [-0.4, -0.2) is 608 Å². The van der Waals surface area contributed by atoms with Crippen molar-refractivity contribution in [3.05, 3.63) is 0 Å². The SMILES string of the molecule is CC(=O)N[C@H]1[C@H](O[C@@H]([C@H](O)[C@H](CO)NC(C)=O)[C@H](O)CO[C@@H]2O[C@@H](C)[C@@H](O)[C@@H](O)[C@@H]2O)O[C@H](CO)[C@@H](O[C@@H]2O[C@H](CO[C@H]3O[C@H](CO)[C@@H](O)[C@H](O)[C@@H]3O[C@@H]3O[C@H](CO)[C@@H](O[C@@H]4O[C@H](CO)[C@H](O)[C@H](O[C@]5(C(=O)O)C[C@H](O)[C@@H](NC(C)=O)[C@H]([C@H](O)[C@H](O)CO)O5)[C@H]4O)[C@H](O)[C@H]3NC(C)=O)[C@@H](O)[C@H](O[C@H]3O[C@H](CO)[C@@H](O)[C@H](O)[C@@H]3O[C@@H]3O[C@H](CO)[C@@H](O[C@@H]4O[C@H](CO)[C@H](O)[C@H](O)[C@H]4O)[C@H](O)[C@H]3NC(C)=O)[C@@H]2O)[C@@H]1O. The molecule has 63 heteroatoms. The van der Waals surface area contributed by atoms with Gasteiger partial charge in [0.2, 0.25) is 29.5 Å². The van der Waals surface area contributed by atoms with E-state index in [1.165, 1.54) is 6.92 Å². The van der Waals surface area contributed by atoms with Crippen molar-refractivity contribution in [2.24, 2.45) is 0 Å². The zero-order valence-corrected chi connectivity index (χ0v) is 76.6. The number of aliphatic hydroxyl groups is 31. The molecule has 10 aliphatic rings. The van der Waals surface area contributed by atoms with E-state index in [4.69, 9.17) is 94.7 Å². The molecule has 10 saturated heterocycles. The Hall–Kier alpha value is -5.22. The topological polar surface area (TPSA) is 995 Å². The third-order valence-electron chi connectivity index (χ3n) is 25.6. The summed E-state index contributed by atoms with van der Waals surface area (Å²) in [7, 11) is 0. The molecule has 0 aromatic rings. The second-order valence-electron chi connectivity index (χ2n) is 35.7. The first kappa shape index (κ1) is 119. The smallest absolute Gasteiger partial charge is 0.364 e. The first-order valence-corrected chi connectivity index (χ1v) is 45.1. The quantitative estimate of drug-likeness (QED) is 0.0270. The molecule has 0 aromatic carbocycles. The van der Waals surface area contributed by atoms with Crippen molar-refractivity contribution < 1.29 is 287 Å². The number of carboxylic acid groups (broad SMARTS) is 1. The van der Waals surface area contributed by atoms with Gasteiger partial charge in [-0.3, -0.25) is 24.0 Å². The summed E-state index contributed by atoms with van der Waals surface area (Å²) in [5.74, 6) is -10.5. The van der Waals surface area contributed by atoms with Crippen LogP contribution < -0.4 is 26.6 Å². The van der Waals surface area contributed by atoms with Crippen molar-refractivity contribution in [2.45, 2.75) is 385 Å². The van der Waals surface area contributed by atoms with Gasteiger partial charge in [-0.1, -0.05) is 0 Å². The first-order valence-electron chi connectivity index (χ1n) is 45.1. The van der Waals surface area contributed by atoms with Crippen molar-refractivity contribution in [2.75, 3.05) is 72.7 Å². The Morgan fingerprint density at radius 1 is 0.338 bits per heavy atom. The van der Waals surface area contributed by atoms with E-state index in [-0.39, 0.29) is 0 Å². The molecule has 0 aromatic heterocycles. The molecular weight excluding hydrogens is 1950 g/mol. The van der Waals surface area contributed by atoms with Gasteiger partial charge in [-0.05, 0) is 6.92 Å². The molecular formula is C79H133N5O58. The van der Waals surface area contributed by atoms with E-state index in [2.05, 4.69) is 26.6 Å². The fourth-order valence-corrected chi connectivity index (χ4v) is 18.0. The summed E-state index contributed by atoms with van der Waals surface area (Å²) < 4.78 is 119.